The van der Waals surface area contributed by atoms with E-state index in [-0.39, 0.29) is 18.7 Å². The molecule has 1 saturated heterocycles. The van der Waals surface area contributed by atoms with Crippen LogP contribution in [0.3, 0.4) is 0 Å². The first-order chi connectivity index (χ1) is 15.3. The summed E-state index contributed by atoms with van der Waals surface area (Å²) in [5.74, 6) is -0.533. The minimum Gasteiger partial charge on any atom is -0.489 e. The first-order valence-electron chi connectivity index (χ1n) is 11.2. The number of hydrogen-bond donors (Lipinski definition) is 1. The molecule has 4 nitrogen and oxygen atoms in total. The van der Waals surface area contributed by atoms with Crippen LogP contribution in [-0.2, 0) is 19.7 Å². The van der Waals surface area contributed by atoms with E-state index in [0.29, 0.717) is 44.1 Å². The monoisotopic (exact) mass is 448 g/mol. The summed E-state index contributed by atoms with van der Waals surface area (Å²) < 4.78 is 44.2. The summed E-state index contributed by atoms with van der Waals surface area (Å²) >= 11 is 0. The zero-order valence-corrected chi connectivity index (χ0v) is 18.7. The Labute approximate surface area is 187 Å². The maximum Gasteiger partial charge on any atom is 0.391 e. The minimum atomic E-state index is -4.07. The molecule has 1 fully saturated rings. The van der Waals surface area contributed by atoms with Gasteiger partial charge in [0, 0.05) is 24.2 Å². The van der Waals surface area contributed by atoms with Gasteiger partial charge in [-0.1, -0.05) is 50.6 Å². The van der Waals surface area contributed by atoms with Gasteiger partial charge in [0.05, 0.1) is 5.92 Å². The lowest BCUT2D eigenvalue weighted by molar-refractivity contribution is -0.185. The van der Waals surface area contributed by atoms with Gasteiger partial charge in [0.1, 0.15) is 12.4 Å². The molecule has 32 heavy (non-hydrogen) atoms. The van der Waals surface area contributed by atoms with E-state index in [1.54, 1.807) is 6.07 Å². The zero-order valence-electron chi connectivity index (χ0n) is 18.7. The number of hydrogen-bond acceptors (Lipinski definition) is 3. The second-order valence-electron chi connectivity index (χ2n) is 8.37. The number of alkyl halides is 3. The van der Waals surface area contributed by atoms with Gasteiger partial charge < -0.3 is 10.1 Å². The van der Waals surface area contributed by atoms with Crippen LogP contribution in [0.2, 0.25) is 0 Å². The molecule has 0 atom stereocenters. The third-order valence-corrected chi connectivity index (χ3v) is 5.68. The summed E-state index contributed by atoms with van der Waals surface area (Å²) in [5, 5.41) is 2.79. The smallest absolute Gasteiger partial charge is 0.391 e. The summed E-state index contributed by atoms with van der Waals surface area (Å²) in [6.07, 6.45) is -2.47. The highest BCUT2D eigenvalue weighted by Gasteiger charge is 2.40. The van der Waals surface area contributed by atoms with Crippen LogP contribution in [0.25, 0.3) is 0 Å². The summed E-state index contributed by atoms with van der Waals surface area (Å²) in [6.45, 7) is 6.73. The number of carbonyl (C=O) groups excluding carboxylic acids is 1. The Balaban J connectivity index is 0.000000913. The molecule has 0 saturated carbocycles. The third kappa shape index (κ3) is 6.25. The van der Waals surface area contributed by atoms with Crippen molar-refractivity contribution in [2.45, 2.75) is 59.0 Å². The molecule has 2 heterocycles. The fourth-order valence-electron chi connectivity index (χ4n) is 3.94. The van der Waals surface area contributed by atoms with E-state index in [1.807, 2.05) is 36.4 Å². The van der Waals surface area contributed by atoms with E-state index in [9.17, 15) is 18.0 Å². The first-order valence-corrected chi connectivity index (χ1v) is 11.2. The van der Waals surface area contributed by atoms with Crippen molar-refractivity contribution in [3.05, 3.63) is 64.7 Å². The maximum absolute atomic E-state index is 12.8. The fourth-order valence-corrected chi connectivity index (χ4v) is 3.94. The highest BCUT2D eigenvalue weighted by Crippen LogP contribution is 2.34. The van der Waals surface area contributed by atoms with Gasteiger partial charge in [0.25, 0.3) is 5.91 Å². The Kier molecular flexibility index (Phi) is 8.18. The van der Waals surface area contributed by atoms with Gasteiger partial charge in [-0.05, 0) is 49.2 Å². The molecule has 0 aromatic heterocycles. The lowest BCUT2D eigenvalue weighted by atomic mass is 9.96. The van der Waals surface area contributed by atoms with Gasteiger partial charge in [-0.3, -0.25) is 9.69 Å². The molecule has 2 aliphatic heterocycles. The molecule has 2 aromatic rings. The number of halogens is 3. The van der Waals surface area contributed by atoms with Gasteiger partial charge in [-0.2, -0.15) is 13.2 Å². The molecular weight excluding hydrogens is 417 g/mol. The van der Waals surface area contributed by atoms with Crippen LogP contribution < -0.4 is 10.1 Å². The summed E-state index contributed by atoms with van der Waals surface area (Å²) in [6, 6.07) is 13.4. The number of ether oxygens (including phenoxy) is 1. The minimum absolute atomic E-state index is 0.0749. The Bertz CT molecular complexity index is 889. The molecular formula is C25H31F3N2O2. The number of nitrogens with one attached hydrogen (secondary N) is 1. The van der Waals surface area contributed by atoms with Crippen LogP contribution in [0.1, 0.15) is 60.2 Å². The number of piperidine rings is 1. The number of benzene rings is 2. The molecule has 7 heteroatoms. The quantitative estimate of drug-likeness (QED) is 0.638. The normalized spacial score (nSPS) is 16.7. The van der Waals surface area contributed by atoms with Crippen LogP contribution in [0.4, 0.5) is 13.2 Å². The predicted octanol–water partition coefficient (Wildman–Crippen LogP) is 5.70. The molecule has 0 spiro atoms. The van der Waals surface area contributed by atoms with Crippen molar-refractivity contribution in [2.75, 3.05) is 13.1 Å². The maximum atomic E-state index is 12.8. The standard InChI is InChI=1S/C22H23F3N2O2.C3H8/c23-22(24,25)17-8-10-27(11-9-17)13-15-4-6-16(7-5-15)14-29-20-3-1-2-18-19(20)12-26-21(18)28;1-3-2/h1-7,17H,8-14H2,(H,26,28);3H2,1-2H3. The van der Waals surface area contributed by atoms with Gasteiger partial charge in [-0.15, -0.1) is 0 Å². The molecule has 2 aromatic carbocycles. The number of amides is 1. The average Bonchev–Trinajstić information content (AvgIpc) is 3.15. The Hall–Kier alpha value is -2.54. The second kappa shape index (κ2) is 10.9. The average molecular weight is 449 g/mol. The van der Waals surface area contributed by atoms with Crippen molar-refractivity contribution in [1.29, 1.82) is 0 Å². The van der Waals surface area contributed by atoms with Crippen molar-refractivity contribution in [3.8, 4) is 5.75 Å². The topological polar surface area (TPSA) is 41.6 Å². The van der Waals surface area contributed by atoms with Gasteiger partial charge >= 0.3 is 6.18 Å². The van der Waals surface area contributed by atoms with Crippen LogP contribution in [0.5, 0.6) is 5.75 Å². The summed E-state index contributed by atoms with van der Waals surface area (Å²) in [4.78, 5) is 13.8. The Morgan fingerprint density at radius 2 is 1.66 bits per heavy atom. The summed E-state index contributed by atoms with van der Waals surface area (Å²) in [5.41, 5.74) is 3.62. The van der Waals surface area contributed by atoms with E-state index >= 15 is 0 Å². The second-order valence-corrected chi connectivity index (χ2v) is 8.37. The van der Waals surface area contributed by atoms with Crippen LogP contribution >= 0.6 is 0 Å². The van der Waals surface area contributed by atoms with Crippen molar-refractivity contribution < 1.29 is 22.7 Å². The van der Waals surface area contributed by atoms with E-state index < -0.39 is 12.1 Å². The van der Waals surface area contributed by atoms with Crippen molar-refractivity contribution in [3.63, 3.8) is 0 Å². The van der Waals surface area contributed by atoms with E-state index in [2.05, 4.69) is 24.1 Å². The Morgan fingerprint density at radius 3 is 2.28 bits per heavy atom. The fraction of sp³-hybridized carbons (Fsp3) is 0.480. The highest BCUT2D eigenvalue weighted by molar-refractivity contribution is 5.99. The number of likely N-dealkylation sites (tertiary alicyclic amines) is 1. The number of rotatable bonds is 5. The molecule has 0 radical (unpaired) electrons. The van der Waals surface area contributed by atoms with Crippen LogP contribution in [-0.4, -0.2) is 30.1 Å². The van der Waals surface area contributed by atoms with Gasteiger partial charge in [0.15, 0.2) is 0 Å². The van der Waals surface area contributed by atoms with Crippen molar-refractivity contribution in [2.24, 2.45) is 5.92 Å². The van der Waals surface area contributed by atoms with Crippen molar-refractivity contribution in [1.82, 2.24) is 10.2 Å². The van der Waals surface area contributed by atoms with Crippen LogP contribution in [0, 0.1) is 5.92 Å². The molecule has 1 amide bonds. The lowest BCUT2D eigenvalue weighted by Crippen LogP contribution is -2.38. The molecule has 2 aliphatic rings. The first kappa shape index (κ1) is 24.1. The predicted molar refractivity (Wildman–Crippen MR) is 118 cm³/mol. The molecule has 0 unspecified atom stereocenters. The number of fused-ring (bicyclic) bond motifs is 1. The summed E-state index contributed by atoms with van der Waals surface area (Å²) in [7, 11) is 0. The van der Waals surface area contributed by atoms with Gasteiger partial charge in [0.2, 0.25) is 0 Å². The van der Waals surface area contributed by atoms with E-state index in [1.165, 1.54) is 6.42 Å². The van der Waals surface area contributed by atoms with Crippen LogP contribution in [0.15, 0.2) is 42.5 Å². The van der Waals surface area contributed by atoms with E-state index in [4.69, 9.17) is 4.74 Å². The molecule has 174 valence electrons. The molecule has 4 rings (SSSR count). The SMILES string of the molecule is CCC.O=C1NCc2c(OCc3ccc(CN4CCC(C(F)(F)F)CC4)cc3)cccc21. The third-order valence-electron chi connectivity index (χ3n) is 5.68. The van der Waals surface area contributed by atoms with E-state index in [0.717, 1.165) is 16.7 Å². The number of carbonyl (C=O) groups is 1. The molecule has 1 N–H and O–H groups in total. The molecule has 0 bridgehead atoms. The zero-order chi connectivity index (χ0) is 23.1. The number of nitrogens with zero attached hydrogens (tertiary/aromatic N) is 1. The Morgan fingerprint density at radius 1 is 1.03 bits per heavy atom. The van der Waals surface area contributed by atoms with Gasteiger partial charge in [-0.25, -0.2) is 0 Å². The highest BCUT2D eigenvalue weighted by atomic mass is 19.4. The molecule has 0 aliphatic carbocycles. The van der Waals surface area contributed by atoms with Crippen molar-refractivity contribution >= 4 is 5.91 Å². The largest absolute Gasteiger partial charge is 0.489 e. The lowest BCUT2D eigenvalue weighted by Gasteiger charge is -2.32.